The molecule has 0 saturated carbocycles. The summed E-state index contributed by atoms with van der Waals surface area (Å²) < 4.78 is 1.10. The number of nitrogens with one attached hydrogen (secondary N) is 1. The summed E-state index contributed by atoms with van der Waals surface area (Å²) in [5.41, 5.74) is 1.94. The van der Waals surface area contributed by atoms with Gasteiger partial charge in [0.05, 0.1) is 0 Å². The Labute approximate surface area is 119 Å². The van der Waals surface area contributed by atoms with Crippen molar-refractivity contribution in [2.75, 3.05) is 5.32 Å². The summed E-state index contributed by atoms with van der Waals surface area (Å²) >= 11 is 0.273. The van der Waals surface area contributed by atoms with Crippen LogP contribution in [0.2, 0.25) is 5.82 Å². The van der Waals surface area contributed by atoms with E-state index in [0.717, 1.165) is 15.7 Å². The molecule has 0 aliphatic rings. The van der Waals surface area contributed by atoms with Gasteiger partial charge in [-0.05, 0) is 0 Å². The van der Waals surface area contributed by atoms with Crippen LogP contribution in [-0.4, -0.2) is 20.9 Å². The molecular formula is C16H15NOSe. The van der Waals surface area contributed by atoms with Crippen molar-refractivity contribution >= 4 is 31.0 Å². The summed E-state index contributed by atoms with van der Waals surface area (Å²) in [5, 5.41) is 2.87. The molecule has 0 fully saturated rings. The molecule has 0 heterocycles. The van der Waals surface area contributed by atoms with Crippen LogP contribution < -0.4 is 5.32 Å². The molecule has 0 aliphatic carbocycles. The summed E-state index contributed by atoms with van der Waals surface area (Å²) in [6, 6.07) is 19.5. The van der Waals surface area contributed by atoms with Gasteiger partial charge in [-0.15, -0.1) is 0 Å². The molecule has 2 aromatic carbocycles. The molecule has 2 nitrogen and oxygen atoms in total. The van der Waals surface area contributed by atoms with E-state index >= 15 is 0 Å². The molecule has 19 heavy (non-hydrogen) atoms. The predicted octanol–water partition coefficient (Wildman–Crippen LogP) is 3.42. The number of hydrogen-bond donors (Lipinski definition) is 1. The summed E-state index contributed by atoms with van der Waals surface area (Å²) in [5.74, 6) is 2.04. The monoisotopic (exact) mass is 317 g/mol. The molecule has 1 amide bonds. The third-order valence-electron chi connectivity index (χ3n) is 2.58. The predicted molar refractivity (Wildman–Crippen MR) is 81.1 cm³/mol. The molecular weight excluding hydrogens is 301 g/mol. The molecule has 0 bridgehead atoms. The van der Waals surface area contributed by atoms with Gasteiger partial charge < -0.3 is 0 Å². The fraction of sp³-hybridized carbons (Fsp3) is 0.0625. The van der Waals surface area contributed by atoms with Crippen molar-refractivity contribution in [3.8, 4) is 0 Å². The SMILES string of the molecule is C[Se]/C(=C\C(=O)Nc1ccccc1)c1ccccc1. The Morgan fingerprint density at radius 1 is 1.00 bits per heavy atom. The van der Waals surface area contributed by atoms with Crippen LogP contribution in [0.5, 0.6) is 0 Å². The number of anilines is 1. The molecule has 0 aromatic heterocycles. The quantitative estimate of drug-likeness (QED) is 0.680. The molecule has 0 radical (unpaired) electrons. The van der Waals surface area contributed by atoms with Gasteiger partial charge in [0.25, 0.3) is 0 Å². The Balaban J connectivity index is 2.13. The normalized spacial score (nSPS) is 11.1. The topological polar surface area (TPSA) is 29.1 Å². The van der Waals surface area contributed by atoms with Crippen LogP contribution in [0, 0.1) is 0 Å². The standard InChI is InChI=1S/C16H15NOSe/c1-19-15(13-8-4-2-5-9-13)12-16(18)17-14-10-6-3-7-11-14/h2-12H,1H3,(H,17,18)/b15-12-. The Kier molecular flexibility index (Phi) is 4.96. The van der Waals surface area contributed by atoms with Crippen LogP contribution in [0.15, 0.2) is 66.7 Å². The maximum atomic E-state index is 12.0. The van der Waals surface area contributed by atoms with Crippen molar-refractivity contribution < 1.29 is 4.79 Å². The van der Waals surface area contributed by atoms with E-state index < -0.39 is 0 Å². The van der Waals surface area contributed by atoms with Crippen molar-refractivity contribution in [3.05, 3.63) is 72.3 Å². The molecule has 0 spiro atoms. The van der Waals surface area contributed by atoms with Crippen LogP contribution in [0.3, 0.4) is 0 Å². The molecule has 0 atom stereocenters. The van der Waals surface area contributed by atoms with Crippen LogP contribution >= 0.6 is 0 Å². The number of amides is 1. The fourth-order valence-electron chi connectivity index (χ4n) is 1.68. The maximum absolute atomic E-state index is 12.0. The average Bonchev–Trinajstić information content (AvgIpc) is 2.47. The summed E-state index contributed by atoms with van der Waals surface area (Å²) in [6.07, 6.45) is 1.70. The van der Waals surface area contributed by atoms with Crippen LogP contribution in [0.25, 0.3) is 4.47 Å². The van der Waals surface area contributed by atoms with Crippen LogP contribution in [0.4, 0.5) is 5.69 Å². The van der Waals surface area contributed by atoms with Gasteiger partial charge in [-0.2, -0.15) is 0 Å². The van der Waals surface area contributed by atoms with Gasteiger partial charge in [-0.25, -0.2) is 0 Å². The van der Waals surface area contributed by atoms with E-state index in [1.54, 1.807) is 6.08 Å². The van der Waals surface area contributed by atoms with Crippen molar-refractivity contribution in [3.63, 3.8) is 0 Å². The van der Waals surface area contributed by atoms with E-state index in [1.807, 2.05) is 60.7 Å². The van der Waals surface area contributed by atoms with Gasteiger partial charge in [0.1, 0.15) is 0 Å². The van der Waals surface area contributed by atoms with E-state index in [9.17, 15) is 4.79 Å². The minimum absolute atomic E-state index is 0.0752. The number of benzene rings is 2. The van der Waals surface area contributed by atoms with E-state index in [1.165, 1.54) is 0 Å². The number of rotatable bonds is 4. The molecule has 0 saturated heterocycles. The minimum atomic E-state index is -0.0752. The Hall–Kier alpha value is -1.83. The van der Waals surface area contributed by atoms with Gasteiger partial charge in [-0.3, -0.25) is 0 Å². The zero-order valence-corrected chi connectivity index (χ0v) is 12.4. The Bertz CT molecular complexity index is 564. The molecule has 0 aliphatic heterocycles. The van der Waals surface area contributed by atoms with Crippen molar-refractivity contribution in [1.82, 2.24) is 0 Å². The number of para-hydroxylation sites is 1. The first-order valence-corrected chi connectivity index (χ1v) is 8.53. The molecule has 1 N–H and O–H groups in total. The van der Waals surface area contributed by atoms with Crippen molar-refractivity contribution in [1.29, 1.82) is 0 Å². The van der Waals surface area contributed by atoms with E-state index in [2.05, 4.69) is 11.1 Å². The van der Waals surface area contributed by atoms with Crippen LogP contribution in [0.1, 0.15) is 5.56 Å². The summed E-state index contributed by atoms with van der Waals surface area (Å²) in [7, 11) is 0. The number of carbonyl (C=O) groups excluding carboxylic acids is 1. The number of hydrogen-bond acceptors (Lipinski definition) is 1. The number of carbonyl (C=O) groups is 1. The summed E-state index contributed by atoms with van der Waals surface area (Å²) in [4.78, 5) is 12.0. The third kappa shape index (κ3) is 4.09. The Morgan fingerprint density at radius 3 is 2.16 bits per heavy atom. The van der Waals surface area contributed by atoms with E-state index in [0.29, 0.717) is 0 Å². The first kappa shape index (κ1) is 13.6. The van der Waals surface area contributed by atoms with Gasteiger partial charge in [0, 0.05) is 0 Å². The Morgan fingerprint density at radius 2 is 1.58 bits per heavy atom. The third-order valence-corrected chi connectivity index (χ3v) is 4.25. The van der Waals surface area contributed by atoms with E-state index in [-0.39, 0.29) is 20.9 Å². The second kappa shape index (κ2) is 6.93. The van der Waals surface area contributed by atoms with Crippen molar-refractivity contribution in [2.45, 2.75) is 5.82 Å². The average molecular weight is 316 g/mol. The zero-order valence-electron chi connectivity index (χ0n) is 10.7. The van der Waals surface area contributed by atoms with E-state index in [4.69, 9.17) is 0 Å². The van der Waals surface area contributed by atoms with Gasteiger partial charge in [-0.1, -0.05) is 0 Å². The summed E-state index contributed by atoms with van der Waals surface area (Å²) in [6.45, 7) is 0. The van der Waals surface area contributed by atoms with Gasteiger partial charge in [0.2, 0.25) is 0 Å². The fourth-order valence-corrected chi connectivity index (χ4v) is 2.93. The zero-order chi connectivity index (χ0) is 13.5. The van der Waals surface area contributed by atoms with Gasteiger partial charge in [0.15, 0.2) is 0 Å². The van der Waals surface area contributed by atoms with Gasteiger partial charge >= 0.3 is 119 Å². The molecule has 2 rings (SSSR count). The van der Waals surface area contributed by atoms with Crippen LogP contribution in [-0.2, 0) is 4.79 Å². The molecule has 2 aromatic rings. The molecule has 3 heteroatoms. The first-order valence-electron chi connectivity index (χ1n) is 5.97. The van der Waals surface area contributed by atoms with Crippen molar-refractivity contribution in [2.24, 2.45) is 0 Å². The first-order chi connectivity index (χ1) is 9.29. The second-order valence-electron chi connectivity index (χ2n) is 3.93. The molecule has 0 unspecified atom stereocenters. The second-order valence-corrected chi connectivity index (χ2v) is 5.71. The molecule has 96 valence electrons.